The van der Waals surface area contributed by atoms with Crippen LogP contribution in [0.3, 0.4) is 0 Å². The molecule has 1 aromatic carbocycles. The van der Waals surface area contributed by atoms with Gasteiger partial charge in [0.25, 0.3) is 5.91 Å². The topological polar surface area (TPSA) is 80.9 Å². The normalized spacial score (nSPS) is 10.1. The molecule has 0 fully saturated rings. The maximum atomic E-state index is 11.8. The molecule has 2 aromatic rings. The minimum absolute atomic E-state index is 0.138. The predicted octanol–water partition coefficient (Wildman–Crippen LogP) is 1.30. The lowest BCUT2D eigenvalue weighted by molar-refractivity contribution is 0.0946. The maximum absolute atomic E-state index is 11.8. The number of benzene rings is 1. The van der Waals surface area contributed by atoms with Crippen molar-refractivity contribution in [3.63, 3.8) is 0 Å². The van der Waals surface area contributed by atoms with Gasteiger partial charge in [-0.05, 0) is 12.5 Å². The molecule has 0 saturated carbocycles. The summed E-state index contributed by atoms with van der Waals surface area (Å²) < 4.78 is 0. The predicted molar refractivity (Wildman–Crippen MR) is 68.8 cm³/mol. The lowest BCUT2D eigenvalue weighted by Crippen LogP contribution is -2.25. The molecule has 92 valence electrons. The Morgan fingerprint density at radius 1 is 1.22 bits per heavy atom. The van der Waals surface area contributed by atoms with E-state index in [4.69, 9.17) is 5.73 Å². The second kappa shape index (κ2) is 5.27. The third kappa shape index (κ3) is 2.82. The largest absolute Gasteiger partial charge is 0.382 e. The lowest BCUT2D eigenvalue weighted by Gasteiger charge is -2.06. The number of aryl methyl sites for hydroxylation is 1. The van der Waals surface area contributed by atoms with Crippen LogP contribution in [0.4, 0.5) is 5.82 Å². The fourth-order valence-corrected chi connectivity index (χ4v) is 1.50. The Hall–Kier alpha value is -2.43. The van der Waals surface area contributed by atoms with Crippen LogP contribution in [0.25, 0.3) is 0 Å². The van der Waals surface area contributed by atoms with Crippen molar-refractivity contribution in [2.45, 2.75) is 13.5 Å². The van der Waals surface area contributed by atoms with Gasteiger partial charge in [-0.15, -0.1) is 0 Å². The zero-order chi connectivity index (χ0) is 13.0. The molecule has 0 spiro atoms. The average Bonchev–Trinajstić information content (AvgIpc) is 2.38. The highest BCUT2D eigenvalue weighted by molar-refractivity contribution is 5.96. The first-order valence-electron chi connectivity index (χ1n) is 5.57. The van der Waals surface area contributed by atoms with Crippen molar-refractivity contribution in [3.8, 4) is 0 Å². The number of carbonyl (C=O) groups excluding carboxylic acids is 1. The van der Waals surface area contributed by atoms with E-state index in [1.54, 1.807) is 0 Å². The van der Waals surface area contributed by atoms with Gasteiger partial charge in [-0.1, -0.05) is 29.8 Å². The van der Waals surface area contributed by atoms with Gasteiger partial charge in [-0.3, -0.25) is 4.79 Å². The molecular weight excluding hydrogens is 228 g/mol. The van der Waals surface area contributed by atoms with Gasteiger partial charge >= 0.3 is 0 Å². The molecule has 0 atom stereocenters. The SMILES string of the molecule is Cc1ccc(CNC(=O)c2nccnc2N)cc1. The zero-order valence-corrected chi connectivity index (χ0v) is 10.1. The molecule has 0 bridgehead atoms. The third-order valence-electron chi connectivity index (χ3n) is 2.52. The first-order chi connectivity index (χ1) is 8.66. The van der Waals surface area contributed by atoms with E-state index in [-0.39, 0.29) is 17.4 Å². The molecule has 1 amide bonds. The van der Waals surface area contributed by atoms with Crippen molar-refractivity contribution >= 4 is 11.7 Å². The van der Waals surface area contributed by atoms with Crippen LogP contribution in [0.5, 0.6) is 0 Å². The van der Waals surface area contributed by atoms with E-state index in [1.165, 1.54) is 18.0 Å². The number of amides is 1. The van der Waals surface area contributed by atoms with Gasteiger partial charge in [0.05, 0.1) is 0 Å². The van der Waals surface area contributed by atoms with Crippen LogP contribution in [-0.4, -0.2) is 15.9 Å². The van der Waals surface area contributed by atoms with Crippen LogP contribution in [-0.2, 0) is 6.54 Å². The molecule has 1 heterocycles. The highest BCUT2D eigenvalue weighted by Gasteiger charge is 2.10. The molecule has 0 saturated heterocycles. The van der Waals surface area contributed by atoms with E-state index >= 15 is 0 Å². The number of carbonyl (C=O) groups is 1. The number of nitrogens with two attached hydrogens (primary N) is 1. The number of rotatable bonds is 3. The molecule has 18 heavy (non-hydrogen) atoms. The zero-order valence-electron chi connectivity index (χ0n) is 10.1. The van der Waals surface area contributed by atoms with Crippen LogP contribution in [0.2, 0.25) is 0 Å². The smallest absolute Gasteiger partial charge is 0.273 e. The monoisotopic (exact) mass is 242 g/mol. The van der Waals surface area contributed by atoms with Gasteiger partial charge in [0.15, 0.2) is 11.5 Å². The summed E-state index contributed by atoms with van der Waals surface area (Å²) in [7, 11) is 0. The number of anilines is 1. The molecular formula is C13H14N4O. The van der Waals surface area contributed by atoms with Gasteiger partial charge in [0.2, 0.25) is 0 Å². The Bertz CT molecular complexity index is 551. The minimum atomic E-state index is -0.318. The highest BCUT2D eigenvalue weighted by Crippen LogP contribution is 2.05. The summed E-state index contributed by atoms with van der Waals surface area (Å²) in [5.74, 6) is -0.180. The summed E-state index contributed by atoms with van der Waals surface area (Å²) in [6.07, 6.45) is 2.89. The molecule has 0 aliphatic heterocycles. The Kier molecular flexibility index (Phi) is 3.52. The number of nitrogen functional groups attached to an aromatic ring is 1. The summed E-state index contributed by atoms with van der Waals surface area (Å²) in [5.41, 5.74) is 7.94. The third-order valence-corrected chi connectivity index (χ3v) is 2.52. The summed E-state index contributed by atoms with van der Waals surface area (Å²) in [5, 5.41) is 2.75. The van der Waals surface area contributed by atoms with E-state index in [0.717, 1.165) is 5.56 Å². The minimum Gasteiger partial charge on any atom is -0.382 e. The Morgan fingerprint density at radius 2 is 1.89 bits per heavy atom. The van der Waals surface area contributed by atoms with Crippen molar-refractivity contribution in [2.24, 2.45) is 0 Å². The first-order valence-corrected chi connectivity index (χ1v) is 5.57. The van der Waals surface area contributed by atoms with Crippen molar-refractivity contribution < 1.29 is 4.79 Å². The van der Waals surface area contributed by atoms with Gasteiger partial charge in [-0.2, -0.15) is 0 Å². The summed E-state index contributed by atoms with van der Waals surface area (Å²) >= 11 is 0. The second-order valence-corrected chi connectivity index (χ2v) is 3.96. The second-order valence-electron chi connectivity index (χ2n) is 3.96. The molecule has 0 aliphatic rings. The van der Waals surface area contributed by atoms with Crippen LogP contribution >= 0.6 is 0 Å². The Labute approximate surface area is 105 Å². The highest BCUT2D eigenvalue weighted by atomic mass is 16.1. The summed E-state index contributed by atoms with van der Waals surface area (Å²) in [6.45, 7) is 2.46. The van der Waals surface area contributed by atoms with E-state index in [1.807, 2.05) is 31.2 Å². The molecule has 1 aromatic heterocycles. The maximum Gasteiger partial charge on any atom is 0.273 e. The van der Waals surface area contributed by atoms with Crippen LogP contribution in [0.1, 0.15) is 21.6 Å². The Balaban J connectivity index is 2.01. The van der Waals surface area contributed by atoms with Crippen LogP contribution < -0.4 is 11.1 Å². The fourth-order valence-electron chi connectivity index (χ4n) is 1.50. The van der Waals surface area contributed by atoms with Crippen LogP contribution in [0, 0.1) is 6.92 Å². The summed E-state index contributed by atoms with van der Waals surface area (Å²) in [4.78, 5) is 19.5. The molecule has 5 heteroatoms. The van der Waals surface area contributed by atoms with Crippen LogP contribution in [0.15, 0.2) is 36.7 Å². The van der Waals surface area contributed by atoms with Gasteiger partial charge in [0, 0.05) is 18.9 Å². The van der Waals surface area contributed by atoms with Gasteiger partial charge in [-0.25, -0.2) is 9.97 Å². The molecule has 5 nitrogen and oxygen atoms in total. The number of hydrogen-bond acceptors (Lipinski definition) is 4. The first kappa shape index (κ1) is 12.0. The van der Waals surface area contributed by atoms with Crippen molar-refractivity contribution in [3.05, 3.63) is 53.5 Å². The lowest BCUT2D eigenvalue weighted by atomic mass is 10.1. The summed E-state index contributed by atoms with van der Waals surface area (Å²) in [6, 6.07) is 7.93. The molecule has 0 radical (unpaired) electrons. The fraction of sp³-hybridized carbons (Fsp3) is 0.154. The van der Waals surface area contributed by atoms with E-state index in [2.05, 4.69) is 15.3 Å². The molecule has 3 N–H and O–H groups in total. The average molecular weight is 242 g/mol. The molecule has 0 unspecified atom stereocenters. The van der Waals surface area contributed by atoms with Crippen molar-refractivity contribution in [1.82, 2.24) is 15.3 Å². The van der Waals surface area contributed by atoms with Gasteiger partial charge in [0.1, 0.15) is 0 Å². The Morgan fingerprint density at radius 3 is 2.56 bits per heavy atom. The van der Waals surface area contributed by atoms with Crippen molar-refractivity contribution in [1.29, 1.82) is 0 Å². The van der Waals surface area contributed by atoms with Gasteiger partial charge < -0.3 is 11.1 Å². The van der Waals surface area contributed by atoms with E-state index in [9.17, 15) is 4.79 Å². The number of nitrogens with zero attached hydrogens (tertiary/aromatic N) is 2. The van der Waals surface area contributed by atoms with E-state index in [0.29, 0.717) is 6.54 Å². The quantitative estimate of drug-likeness (QED) is 0.850. The van der Waals surface area contributed by atoms with Crippen molar-refractivity contribution in [2.75, 3.05) is 5.73 Å². The number of hydrogen-bond donors (Lipinski definition) is 2. The molecule has 2 rings (SSSR count). The molecule has 0 aliphatic carbocycles. The standard InChI is InChI=1S/C13H14N4O/c1-9-2-4-10(5-3-9)8-17-13(18)11-12(14)16-7-6-15-11/h2-7H,8H2,1H3,(H2,14,16)(H,17,18). The van der Waals surface area contributed by atoms with E-state index < -0.39 is 0 Å². The number of aromatic nitrogens is 2. The number of nitrogens with one attached hydrogen (secondary N) is 1.